The smallest absolute Gasteiger partial charge is 0.224 e. The fourth-order valence-corrected chi connectivity index (χ4v) is 1.79. The number of carbonyl (C=O) groups excluding carboxylic acids is 2. The Labute approximate surface area is 111 Å². The van der Waals surface area contributed by atoms with E-state index in [4.69, 9.17) is 9.47 Å². The van der Waals surface area contributed by atoms with Gasteiger partial charge in [-0.15, -0.1) is 0 Å². The molecule has 0 bridgehead atoms. The van der Waals surface area contributed by atoms with Crippen LogP contribution in [-0.2, 0) is 19.1 Å². The van der Waals surface area contributed by atoms with Gasteiger partial charge in [-0.25, -0.2) is 0 Å². The summed E-state index contributed by atoms with van der Waals surface area (Å²) in [7, 11) is 0. The third-order valence-electron chi connectivity index (χ3n) is 2.79. The van der Waals surface area contributed by atoms with E-state index in [1.807, 2.05) is 12.1 Å². The molecule has 5 nitrogen and oxygen atoms in total. The summed E-state index contributed by atoms with van der Waals surface area (Å²) in [5, 5.41) is 2.74. The minimum absolute atomic E-state index is 0.0148. The van der Waals surface area contributed by atoms with Crippen LogP contribution in [0.4, 0.5) is 5.69 Å². The lowest BCUT2D eigenvalue weighted by atomic mass is 10.2. The Morgan fingerprint density at radius 2 is 1.79 bits per heavy atom. The SMILES string of the molecule is CC(=O)CCC(=O)Nc1ccc(C2OCCO2)cc1. The minimum atomic E-state index is -0.303. The Morgan fingerprint density at radius 1 is 1.16 bits per heavy atom. The van der Waals surface area contributed by atoms with Crippen molar-refractivity contribution in [1.29, 1.82) is 0 Å². The number of hydrogen-bond donors (Lipinski definition) is 1. The number of ketones is 1. The van der Waals surface area contributed by atoms with Crippen molar-refractivity contribution in [3.63, 3.8) is 0 Å². The zero-order valence-corrected chi connectivity index (χ0v) is 10.8. The van der Waals surface area contributed by atoms with Crippen LogP contribution >= 0.6 is 0 Å². The summed E-state index contributed by atoms with van der Waals surface area (Å²) in [6, 6.07) is 7.31. The van der Waals surface area contributed by atoms with E-state index in [0.29, 0.717) is 18.9 Å². The normalized spacial score (nSPS) is 15.4. The maximum Gasteiger partial charge on any atom is 0.224 e. The summed E-state index contributed by atoms with van der Waals surface area (Å²) in [6.45, 7) is 2.69. The zero-order chi connectivity index (χ0) is 13.7. The molecule has 1 heterocycles. The highest BCUT2D eigenvalue weighted by molar-refractivity contribution is 5.93. The lowest BCUT2D eigenvalue weighted by Gasteiger charge is -2.10. The highest BCUT2D eigenvalue weighted by atomic mass is 16.7. The van der Waals surface area contributed by atoms with E-state index in [2.05, 4.69) is 5.32 Å². The third-order valence-corrected chi connectivity index (χ3v) is 2.79. The summed E-state index contributed by atoms with van der Waals surface area (Å²) in [5.41, 5.74) is 1.63. The molecule has 1 fully saturated rings. The van der Waals surface area contributed by atoms with Gasteiger partial charge in [0.15, 0.2) is 6.29 Å². The molecule has 0 atom stereocenters. The van der Waals surface area contributed by atoms with Crippen LogP contribution in [0.5, 0.6) is 0 Å². The van der Waals surface area contributed by atoms with Gasteiger partial charge in [0.1, 0.15) is 5.78 Å². The molecule has 0 aromatic heterocycles. The van der Waals surface area contributed by atoms with Gasteiger partial charge in [0.2, 0.25) is 5.91 Å². The first kappa shape index (κ1) is 13.7. The van der Waals surface area contributed by atoms with Crippen molar-refractivity contribution < 1.29 is 19.1 Å². The average Bonchev–Trinajstić information content (AvgIpc) is 2.91. The monoisotopic (exact) mass is 263 g/mol. The van der Waals surface area contributed by atoms with Gasteiger partial charge in [-0.2, -0.15) is 0 Å². The lowest BCUT2D eigenvalue weighted by Crippen LogP contribution is -2.12. The van der Waals surface area contributed by atoms with Crippen molar-refractivity contribution in [2.45, 2.75) is 26.1 Å². The largest absolute Gasteiger partial charge is 0.346 e. The van der Waals surface area contributed by atoms with Gasteiger partial charge in [0, 0.05) is 24.1 Å². The summed E-state index contributed by atoms with van der Waals surface area (Å²) in [4.78, 5) is 22.3. The summed E-state index contributed by atoms with van der Waals surface area (Å²) < 4.78 is 10.8. The molecule has 1 aromatic rings. The molecule has 0 aliphatic carbocycles. The number of hydrogen-bond acceptors (Lipinski definition) is 4. The average molecular weight is 263 g/mol. The van der Waals surface area contributed by atoms with E-state index < -0.39 is 0 Å². The number of benzene rings is 1. The van der Waals surface area contributed by atoms with E-state index in [-0.39, 0.29) is 30.8 Å². The zero-order valence-electron chi connectivity index (χ0n) is 10.8. The van der Waals surface area contributed by atoms with Gasteiger partial charge in [-0.1, -0.05) is 12.1 Å². The first-order chi connectivity index (χ1) is 9.15. The first-order valence-electron chi connectivity index (χ1n) is 6.27. The second kappa shape index (κ2) is 6.45. The van der Waals surface area contributed by atoms with E-state index >= 15 is 0 Å². The molecule has 0 saturated carbocycles. The van der Waals surface area contributed by atoms with Gasteiger partial charge in [-0.05, 0) is 19.1 Å². The van der Waals surface area contributed by atoms with Crippen molar-refractivity contribution in [2.24, 2.45) is 0 Å². The molecule has 1 saturated heterocycles. The standard InChI is InChI=1S/C14H17NO4/c1-10(16)2-7-13(17)15-12-5-3-11(4-6-12)14-18-8-9-19-14/h3-6,14H,2,7-9H2,1H3,(H,15,17). The third kappa shape index (κ3) is 4.15. The summed E-state index contributed by atoms with van der Waals surface area (Å²) in [6.07, 6.45) is 0.182. The molecule has 1 aliphatic rings. The van der Waals surface area contributed by atoms with Crippen LogP contribution in [0.3, 0.4) is 0 Å². The quantitative estimate of drug-likeness (QED) is 0.883. The second-order valence-electron chi connectivity index (χ2n) is 4.45. The van der Waals surface area contributed by atoms with E-state index in [1.165, 1.54) is 6.92 Å². The van der Waals surface area contributed by atoms with Gasteiger partial charge in [0.25, 0.3) is 0 Å². The molecular weight excluding hydrogens is 246 g/mol. The maximum absolute atomic E-state index is 11.5. The summed E-state index contributed by atoms with van der Waals surface area (Å²) >= 11 is 0. The van der Waals surface area contributed by atoms with Crippen molar-refractivity contribution in [3.8, 4) is 0 Å². The molecule has 19 heavy (non-hydrogen) atoms. The molecule has 0 radical (unpaired) electrons. The second-order valence-corrected chi connectivity index (χ2v) is 4.45. The number of ether oxygens (including phenoxy) is 2. The van der Waals surface area contributed by atoms with Crippen LogP contribution < -0.4 is 5.32 Å². The molecule has 1 aromatic carbocycles. The molecule has 1 amide bonds. The highest BCUT2D eigenvalue weighted by Gasteiger charge is 2.17. The number of amides is 1. The molecule has 0 spiro atoms. The van der Waals surface area contributed by atoms with Crippen molar-refractivity contribution >= 4 is 17.4 Å². The molecule has 1 N–H and O–H groups in total. The van der Waals surface area contributed by atoms with Crippen LogP contribution in [0, 0.1) is 0 Å². The molecule has 5 heteroatoms. The molecular formula is C14H17NO4. The molecule has 1 aliphatic heterocycles. The molecule has 0 unspecified atom stereocenters. The van der Waals surface area contributed by atoms with E-state index in [1.54, 1.807) is 12.1 Å². The van der Waals surface area contributed by atoms with Gasteiger partial charge in [0.05, 0.1) is 13.2 Å². The van der Waals surface area contributed by atoms with Gasteiger partial charge in [-0.3, -0.25) is 4.79 Å². The number of Topliss-reactive ketones (excluding diaryl/α,β-unsaturated/α-hetero) is 1. The van der Waals surface area contributed by atoms with Crippen LogP contribution in [0.25, 0.3) is 0 Å². The number of nitrogens with one attached hydrogen (secondary N) is 1. The Hall–Kier alpha value is -1.72. The Kier molecular flexibility index (Phi) is 4.65. The van der Waals surface area contributed by atoms with Crippen LogP contribution in [0.1, 0.15) is 31.6 Å². The van der Waals surface area contributed by atoms with E-state index in [9.17, 15) is 9.59 Å². The number of rotatable bonds is 5. The fraction of sp³-hybridized carbons (Fsp3) is 0.429. The Morgan fingerprint density at radius 3 is 2.37 bits per heavy atom. The number of carbonyl (C=O) groups is 2. The van der Waals surface area contributed by atoms with Crippen molar-refractivity contribution in [2.75, 3.05) is 18.5 Å². The fourth-order valence-electron chi connectivity index (χ4n) is 1.79. The maximum atomic E-state index is 11.5. The van der Waals surface area contributed by atoms with Crippen LogP contribution in [0.15, 0.2) is 24.3 Å². The lowest BCUT2D eigenvalue weighted by molar-refractivity contribution is -0.121. The Bertz CT molecular complexity index is 449. The first-order valence-corrected chi connectivity index (χ1v) is 6.27. The minimum Gasteiger partial charge on any atom is -0.346 e. The predicted octanol–water partition coefficient (Wildman–Crippen LogP) is 2.04. The van der Waals surface area contributed by atoms with Crippen LogP contribution in [-0.4, -0.2) is 24.9 Å². The van der Waals surface area contributed by atoms with Gasteiger partial charge >= 0.3 is 0 Å². The predicted molar refractivity (Wildman–Crippen MR) is 69.6 cm³/mol. The van der Waals surface area contributed by atoms with Crippen molar-refractivity contribution in [3.05, 3.63) is 29.8 Å². The molecule has 2 rings (SSSR count). The van der Waals surface area contributed by atoms with Crippen molar-refractivity contribution in [1.82, 2.24) is 0 Å². The van der Waals surface area contributed by atoms with Crippen LogP contribution in [0.2, 0.25) is 0 Å². The highest BCUT2D eigenvalue weighted by Crippen LogP contribution is 2.24. The van der Waals surface area contributed by atoms with E-state index in [0.717, 1.165) is 5.56 Å². The summed E-state index contributed by atoms with van der Waals surface area (Å²) in [5.74, 6) is -0.141. The topological polar surface area (TPSA) is 64.6 Å². The molecule has 102 valence electrons. The number of anilines is 1. The Balaban J connectivity index is 1.87. The van der Waals surface area contributed by atoms with Gasteiger partial charge < -0.3 is 19.6 Å².